The molecule has 3 rings (SSSR count). The third kappa shape index (κ3) is 4.49. The minimum atomic E-state index is 0.0167. The van der Waals surface area contributed by atoms with Crippen molar-refractivity contribution in [3.05, 3.63) is 102 Å². The number of hydrogen-bond acceptors (Lipinski definition) is 2. The molecule has 1 amide bonds. The Morgan fingerprint density at radius 1 is 0.750 bits per heavy atom. The number of para-hydroxylation sites is 1. The highest BCUT2D eigenvalue weighted by molar-refractivity contribution is 8.00. The maximum absolute atomic E-state index is 12.2. The van der Waals surface area contributed by atoms with E-state index in [1.54, 1.807) is 11.8 Å². The molecule has 0 saturated carbocycles. The van der Waals surface area contributed by atoms with Gasteiger partial charge in [-0.2, -0.15) is 0 Å². The fourth-order valence-electron chi connectivity index (χ4n) is 2.52. The molecule has 0 saturated heterocycles. The molecule has 3 aromatic carbocycles. The summed E-state index contributed by atoms with van der Waals surface area (Å²) in [6.45, 7) is 0. The van der Waals surface area contributed by atoms with E-state index in [2.05, 4.69) is 29.6 Å². The molecule has 24 heavy (non-hydrogen) atoms. The first kappa shape index (κ1) is 16.3. The lowest BCUT2D eigenvalue weighted by Gasteiger charge is -2.17. The summed E-state index contributed by atoms with van der Waals surface area (Å²) < 4.78 is 0. The van der Waals surface area contributed by atoms with Crippen LogP contribution in [0.25, 0.3) is 0 Å². The zero-order valence-electron chi connectivity index (χ0n) is 13.3. The molecule has 3 aromatic rings. The number of thioether (sulfide) groups is 1. The van der Waals surface area contributed by atoms with E-state index in [4.69, 9.17) is 0 Å². The van der Waals surface area contributed by atoms with Gasteiger partial charge in [0, 0.05) is 5.69 Å². The summed E-state index contributed by atoms with van der Waals surface area (Å²) in [5, 5.41) is 3.09. The Kier molecular flexibility index (Phi) is 5.70. The molecule has 0 aliphatic rings. The fourth-order valence-corrected chi connectivity index (χ4v) is 3.61. The molecule has 1 N–H and O–H groups in total. The third-order valence-corrected chi connectivity index (χ3v) is 4.95. The quantitative estimate of drug-likeness (QED) is 0.676. The van der Waals surface area contributed by atoms with Gasteiger partial charge in [0.05, 0.1) is 11.0 Å². The van der Waals surface area contributed by atoms with Gasteiger partial charge < -0.3 is 5.32 Å². The first-order valence-corrected chi connectivity index (χ1v) is 8.94. The minimum Gasteiger partial charge on any atom is -0.325 e. The van der Waals surface area contributed by atoms with E-state index in [-0.39, 0.29) is 11.2 Å². The SMILES string of the molecule is O=C(CSC(c1ccccc1)c1ccccc1)Nc1ccccc1. The lowest BCUT2D eigenvalue weighted by atomic mass is 10.0. The number of carbonyl (C=O) groups is 1. The summed E-state index contributed by atoms with van der Waals surface area (Å²) >= 11 is 1.64. The second-order valence-electron chi connectivity index (χ2n) is 5.43. The van der Waals surface area contributed by atoms with Crippen molar-refractivity contribution in [3.63, 3.8) is 0 Å². The van der Waals surface area contributed by atoms with Crippen molar-refractivity contribution < 1.29 is 4.79 Å². The second-order valence-corrected chi connectivity index (χ2v) is 6.52. The number of amides is 1. The van der Waals surface area contributed by atoms with Crippen LogP contribution in [-0.4, -0.2) is 11.7 Å². The Morgan fingerprint density at radius 3 is 1.71 bits per heavy atom. The Bertz CT molecular complexity index is 720. The van der Waals surface area contributed by atoms with Crippen molar-refractivity contribution in [2.45, 2.75) is 5.25 Å². The lowest BCUT2D eigenvalue weighted by molar-refractivity contribution is -0.113. The highest BCUT2D eigenvalue weighted by Crippen LogP contribution is 2.35. The van der Waals surface area contributed by atoms with Crippen molar-refractivity contribution in [2.75, 3.05) is 11.1 Å². The molecule has 120 valence electrons. The van der Waals surface area contributed by atoms with Gasteiger partial charge in [0.1, 0.15) is 0 Å². The van der Waals surface area contributed by atoms with Crippen LogP contribution in [0.1, 0.15) is 16.4 Å². The number of nitrogens with one attached hydrogen (secondary N) is 1. The van der Waals surface area contributed by atoms with Gasteiger partial charge in [0.2, 0.25) is 5.91 Å². The molecule has 0 spiro atoms. The van der Waals surface area contributed by atoms with Crippen LogP contribution in [-0.2, 0) is 4.79 Å². The van der Waals surface area contributed by atoms with Gasteiger partial charge in [-0.15, -0.1) is 11.8 Å². The molecule has 2 nitrogen and oxygen atoms in total. The second kappa shape index (κ2) is 8.37. The number of carbonyl (C=O) groups excluding carboxylic acids is 1. The van der Waals surface area contributed by atoms with Gasteiger partial charge in [-0.3, -0.25) is 4.79 Å². The fraction of sp³-hybridized carbons (Fsp3) is 0.0952. The first-order chi connectivity index (χ1) is 11.8. The summed E-state index contributed by atoms with van der Waals surface area (Å²) in [4.78, 5) is 12.2. The molecule has 0 aliphatic heterocycles. The van der Waals surface area contributed by atoms with Gasteiger partial charge >= 0.3 is 0 Å². The summed E-state index contributed by atoms with van der Waals surface area (Å²) in [6, 6.07) is 30.2. The molecule has 0 aliphatic carbocycles. The van der Waals surface area contributed by atoms with Crippen LogP contribution in [0.4, 0.5) is 5.69 Å². The van der Waals surface area contributed by atoms with Crippen LogP contribution >= 0.6 is 11.8 Å². The third-order valence-electron chi connectivity index (χ3n) is 3.64. The van der Waals surface area contributed by atoms with Crippen LogP contribution in [0.2, 0.25) is 0 Å². The van der Waals surface area contributed by atoms with E-state index in [1.807, 2.05) is 66.7 Å². The Morgan fingerprint density at radius 2 is 1.21 bits per heavy atom. The van der Waals surface area contributed by atoms with Crippen molar-refractivity contribution >= 4 is 23.4 Å². The predicted molar refractivity (Wildman–Crippen MR) is 102 cm³/mol. The van der Waals surface area contributed by atoms with E-state index in [0.717, 1.165) is 5.69 Å². The van der Waals surface area contributed by atoms with Crippen molar-refractivity contribution in [2.24, 2.45) is 0 Å². The van der Waals surface area contributed by atoms with Crippen LogP contribution < -0.4 is 5.32 Å². The molecular formula is C21H19NOS. The summed E-state index contributed by atoms with van der Waals surface area (Å²) in [5.74, 6) is 0.423. The van der Waals surface area contributed by atoms with Crippen LogP contribution in [0, 0.1) is 0 Å². The molecule has 0 atom stereocenters. The first-order valence-electron chi connectivity index (χ1n) is 7.89. The Labute approximate surface area is 146 Å². The molecule has 3 heteroatoms. The number of benzene rings is 3. The molecule has 0 unspecified atom stereocenters. The lowest BCUT2D eigenvalue weighted by Crippen LogP contribution is -2.15. The molecule has 0 radical (unpaired) electrons. The van der Waals surface area contributed by atoms with Gasteiger partial charge in [0.15, 0.2) is 0 Å². The average Bonchev–Trinajstić information content (AvgIpc) is 2.64. The smallest absolute Gasteiger partial charge is 0.234 e. The van der Waals surface area contributed by atoms with E-state index in [0.29, 0.717) is 5.75 Å². The number of anilines is 1. The van der Waals surface area contributed by atoms with Gasteiger partial charge in [-0.25, -0.2) is 0 Å². The molecule has 0 aromatic heterocycles. The topological polar surface area (TPSA) is 29.1 Å². The molecule has 0 bridgehead atoms. The number of hydrogen-bond donors (Lipinski definition) is 1. The Balaban J connectivity index is 1.70. The van der Waals surface area contributed by atoms with Crippen LogP contribution in [0.15, 0.2) is 91.0 Å². The Hall–Kier alpha value is -2.52. The molecule has 0 fully saturated rings. The van der Waals surface area contributed by atoms with E-state index in [1.165, 1.54) is 11.1 Å². The van der Waals surface area contributed by atoms with Crippen molar-refractivity contribution in [1.29, 1.82) is 0 Å². The van der Waals surface area contributed by atoms with E-state index >= 15 is 0 Å². The van der Waals surface area contributed by atoms with E-state index in [9.17, 15) is 4.79 Å². The van der Waals surface area contributed by atoms with Crippen LogP contribution in [0.3, 0.4) is 0 Å². The van der Waals surface area contributed by atoms with Crippen molar-refractivity contribution in [1.82, 2.24) is 0 Å². The zero-order valence-corrected chi connectivity index (χ0v) is 14.1. The largest absolute Gasteiger partial charge is 0.325 e. The van der Waals surface area contributed by atoms with Crippen molar-refractivity contribution in [3.8, 4) is 0 Å². The van der Waals surface area contributed by atoms with Gasteiger partial charge in [-0.1, -0.05) is 78.9 Å². The summed E-state index contributed by atoms with van der Waals surface area (Å²) in [7, 11) is 0. The highest BCUT2D eigenvalue weighted by atomic mass is 32.2. The summed E-state index contributed by atoms with van der Waals surface area (Å²) in [5.41, 5.74) is 3.25. The maximum Gasteiger partial charge on any atom is 0.234 e. The van der Waals surface area contributed by atoms with Crippen LogP contribution in [0.5, 0.6) is 0 Å². The standard InChI is InChI=1S/C21H19NOS/c23-20(22-19-14-8-3-9-15-19)16-24-21(17-10-4-1-5-11-17)18-12-6-2-7-13-18/h1-15,21H,16H2,(H,22,23). The molecule has 0 heterocycles. The normalized spacial score (nSPS) is 10.5. The summed E-state index contributed by atoms with van der Waals surface area (Å²) in [6.07, 6.45) is 0. The predicted octanol–water partition coefficient (Wildman–Crippen LogP) is 5.15. The van der Waals surface area contributed by atoms with Gasteiger partial charge in [0.25, 0.3) is 0 Å². The highest BCUT2D eigenvalue weighted by Gasteiger charge is 2.16. The zero-order chi connectivity index (χ0) is 16.6. The monoisotopic (exact) mass is 333 g/mol. The minimum absolute atomic E-state index is 0.0167. The average molecular weight is 333 g/mol. The molecular weight excluding hydrogens is 314 g/mol. The van der Waals surface area contributed by atoms with Gasteiger partial charge in [-0.05, 0) is 23.3 Å². The number of rotatable bonds is 6. The van der Waals surface area contributed by atoms with E-state index < -0.39 is 0 Å². The maximum atomic E-state index is 12.2.